The van der Waals surface area contributed by atoms with Crippen molar-refractivity contribution < 1.29 is 9.53 Å². The van der Waals surface area contributed by atoms with Gasteiger partial charge in [0.1, 0.15) is 0 Å². The van der Waals surface area contributed by atoms with Gasteiger partial charge >= 0.3 is 0 Å². The van der Waals surface area contributed by atoms with Gasteiger partial charge in [-0.2, -0.15) is 0 Å². The van der Waals surface area contributed by atoms with Crippen LogP contribution < -0.4 is 0 Å². The Morgan fingerprint density at radius 1 is 1.32 bits per heavy atom. The van der Waals surface area contributed by atoms with Crippen LogP contribution in [0.3, 0.4) is 0 Å². The number of amides is 1. The zero-order valence-electron chi connectivity index (χ0n) is 13.8. The van der Waals surface area contributed by atoms with Crippen LogP contribution in [0, 0.1) is 5.92 Å². The minimum atomic E-state index is 0.131. The Labute approximate surface area is 133 Å². The van der Waals surface area contributed by atoms with E-state index in [1.807, 2.05) is 0 Å². The average Bonchev–Trinajstić information content (AvgIpc) is 2.54. The average molecular weight is 301 g/mol. The van der Waals surface area contributed by atoms with Gasteiger partial charge in [0.05, 0.1) is 18.6 Å². The normalized spacial score (nSPS) is 25.1. The fourth-order valence-electron chi connectivity index (χ4n) is 3.88. The maximum absolute atomic E-state index is 12.8. The highest BCUT2D eigenvalue weighted by Crippen LogP contribution is 2.35. The summed E-state index contributed by atoms with van der Waals surface area (Å²) in [6.45, 7) is 6.08. The Balaban J connectivity index is 1.76. The zero-order valence-corrected chi connectivity index (χ0v) is 13.8. The number of hydrogen-bond acceptors (Lipinski definition) is 2. The van der Waals surface area contributed by atoms with E-state index in [-0.39, 0.29) is 18.1 Å². The Morgan fingerprint density at radius 3 is 2.86 bits per heavy atom. The van der Waals surface area contributed by atoms with E-state index >= 15 is 0 Å². The minimum Gasteiger partial charge on any atom is -0.378 e. The predicted octanol–water partition coefficient (Wildman–Crippen LogP) is 3.73. The number of carbonyl (C=O) groups is 1. The Kier molecular flexibility index (Phi) is 4.82. The van der Waals surface area contributed by atoms with Crippen molar-refractivity contribution in [3.8, 4) is 0 Å². The van der Waals surface area contributed by atoms with E-state index in [4.69, 9.17) is 4.74 Å². The van der Waals surface area contributed by atoms with Crippen molar-refractivity contribution in [2.24, 2.45) is 5.92 Å². The summed E-state index contributed by atoms with van der Waals surface area (Å²) in [6.07, 6.45) is 5.00. The second-order valence-electron chi connectivity index (χ2n) is 6.92. The third-order valence-corrected chi connectivity index (χ3v) is 4.96. The van der Waals surface area contributed by atoms with Gasteiger partial charge in [0.2, 0.25) is 5.91 Å². The molecule has 22 heavy (non-hydrogen) atoms. The van der Waals surface area contributed by atoms with Crippen molar-refractivity contribution in [3.63, 3.8) is 0 Å². The van der Waals surface area contributed by atoms with E-state index in [2.05, 4.69) is 43.0 Å². The van der Waals surface area contributed by atoms with E-state index in [0.717, 1.165) is 32.4 Å². The lowest BCUT2D eigenvalue weighted by molar-refractivity contribution is -0.139. The molecule has 3 nitrogen and oxygen atoms in total. The summed E-state index contributed by atoms with van der Waals surface area (Å²) in [5, 5.41) is 0. The number of fused-ring (bicyclic) bond motifs is 1. The van der Waals surface area contributed by atoms with Crippen molar-refractivity contribution in [1.29, 1.82) is 0 Å². The summed E-state index contributed by atoms with van der Waals surface area (Å²) in [5.41, 5.74) is 2.74. The summed E-state index contributed by atoms with van der Waals surface area (Å²) < 4.78 is 5.76. The van der Waals surface area contributed by atoms with Crippen molar-refractivity contribution >= 4 is 5.91 Å². The second kappa shape index (κ2) is 6.82. The molecule has 1 amide bonds. The molecule has 0 N–H and O–H groups in total. The number of carbonyl (C=O) groups excluding carboxylic acids is 1. The van der Waals surface area contributed by atoms with Crippen LogP contribution in [-0.4, -0.2) is 30.1 Å². The minimum absolute atomic E-state index is 0.131. The van der Waals surface area contributed by atoms with Gasteiger partial charge in [0, 0.05) is 13.2 Å². The number of hydrogen-bond donors (Lipinski definition) is 0. The maximum atomic E-state index is 12.8. The Bertz CT molecular complexity index is 520. The topological polar surface area (TPSA) is 29.5 Å². The molecule has 120 valence electrons. The van der Waals surface area contributed by atoms with Gasteiger partial charge in [0.15, 0.2) is 0 Å². The number of rotatable bonds is 3. The summed E-state index contributed by atoms with van der Waals surface area (Å²) in [4.78, 5) is 14.9. The van der Waals surface area contributed by atoms with Gasteiger partial charge in [-0.15, -0.1) is 0 Å². The van der Waals surface area contributed by atoms with E-state index in [9.17, 15) is 4.79 Å². The number of ether oxygens (including phenoxy) is 1. The van der Waals surface area contributed by atoms with Gasteiger partial charge in [-0.05, 0) is 42.7 Å². The van der Waals surface area contributed by atoms with Gasteiger partial charge in [-0.3, -0.25) is 4.79 Å². The largest absolute Gasteiger partial charge is 0.378 e. The molecule has 2 heterocycles. The van der Waals surface area contributed by atoms with Crippen LogP contribution in [0.5, 0.6) is 0 Å². The SMILES string of the molecule is CC(C)C1c2ccccc2CCN1C(=O)CC1CCCCO1. The molecular weight excluding hydrogens is 274 g/mol. The third kappa shape index (κ3) is 3.19. The van der Waals surface area contributed by atoms with Crippen LogP contribution in [0.1, 0.15) is 56.7 Å². The predicted molar refractivity (Wildman–Crippen MR) is 87.6 cm³/mol. The molecule has 2 unspecified atom stereocenters. The summed E-state index contributed by atoms with van der Waals surface area (Å²) in [7, 11) is 0. The number of benzene rings is 1. The quantitative estimate of drug-likeness (QED) is 0.851. The molecule has 2 aliphatic heterocycles. The van der Waals surface area contributed by atoms with Crippen LogP contribution in [0.2, 0.25) is 0 Å². The molecule has 2 aliphatic rings. The third-order valence-electron chi connectivity index (χ3n) is 4.96. The summed E-state index contributed by atoms with van der Waals surface area (Å²) in [5.74, 6) is 0.692. The highest BCUT2D eigenvalue weighted by atomic mass is 16.5. The van der Waals surface area contributed by atoms with Gasteiger partial charge in [0.25, 0.3) is 0 Å². The van der Waals surface area contributed by atoms with E-state index in [0.29, 0.717) is 12.3 Å². The maximum Gasteiger partial charge on any atom is 0.225 e. The highest BCUT2D eigenvalue weighted by Gasteiger charge is 2.33. The lowest BCUT2D eigenvalue weighted by Crippen LogP contribution is -2.43. The molecule has 1 aromatic carbocycles. The first-order valence-corrected chi connectivity index (χ1v) is 8.65. The summed E-state index contributed by atoms with van der Waals surface area (Å²) in [6, 6.07) is 8.80. The molecule has 0 spiro atoms. The molecule has 0 radical (unpaired) electrons. The van der Waals surface area contributed by atoms with Crippen molar-refractivity contribution in [2.45, 2.75) is 58.1 Å². The molecule has 0 aromatic heterocycles. The van der Waals surface area contributed by atoms with Crippen molar-refractivity contribution in [2.75, 3.05) is 13.2 Å². The number of nitrogens with zero attached hydrogens (tertiary/aromatic N) is 1. The molecule has 0 saturated carbocycles. The molecular formula is C19H27NO2. The monoisotopic (exact) mass is 301 g/mol. The Hall–Kier alpha value is -1.35. The van der Waals surface area contributed by atoms with Crippen LogP contribution in [0.15, 0.2) is 24.3 Å². The van der Waals surface area contributed by atoms with E-state index < -0.39 is 0 Å². The van der Waals surface area contributed by atoms with Crippen LogP contribution in [0.25, 0.3) is 0 Å². The summed E-state index contributed by atoms with van der Waals surface area (Å²) >= 11 is 0. The first-order chi connectivity index (χ1) is 10.7. The molecule has 1 aromatic rings. The molecule has 3 heteroatoms. The van der Waals surface area contributed by atoms with Crippen LogP contribution in [0.4, 0.5) is 0 Å². The molecule has 3 rings (SSSR count). The first kappa shape index (κ1) is 15.5. The molecule has 0 aliphatic carbocycles. The van der Waals surface area contributed by atoms with E-state index in [1.165, 1.54) is 17.5 Å². The van der Waals surface area contributed by atoms with Gasteiger partial charge in [-0.25, -0.2) is 0 Å². The smallest absolute Gasteiger partial charge is 0.225 e. The van der Waals surface area contributed by atoms with Gasteiger partial charge < -0.3 is 9.64 Å². The van der Waals surface area contributed by atoms with Crippen LogP contribution >= 0.6 is 0 Å². The molecule has 2 atom stereocenters. The first-order valence-electron chi connectivity index (χ1n) is 8.65. The van der Waals surface area contributed by atoms with Crippen LogP contribution in [-0.2, 0) is 16.0 Å². The van der Waals surface area contributed by atoms with Crippen molar-refractivity contribution in [3.05, 3.63) is 35.4 Å². The van der Waals surface area contributed by atoms with Gasteiger partial charge in [-0.1, -0.05) is 38.1 Å². The second-order valence-corrected chi connectivity index (χ2v) is 6.92. The fourth-order valence-corrected chi connectivity index (χ4v) is 3.88. The lowest BCUT2D eigenvalue weighted by Gasteiger charge is -2.40. The Morgan fingerprint density at radius 2 is 2.14 bits per heavy atom. The standard InChI is InChI=1S/C19H27NO2/c1-14(2)19-17-9-4-3-7-15(17)10-11-20(19)18(21)13-16-8-5-6-12-22-16/h3-4,7,9,14,16,19H,5-6,8,10-13H2,1-2H3. The van der Waals surface area contributed by atoms with E-state index in [1.54, 1.807) is 0 Å². The molecule has 0 bridgehead atoms. The van der Waals surface area contributed by atoms with Crippen molar-refractivity contribution in [1.82, 2.24) is 4.90 Å². The fraction of sp³-hybridized carbons (Fsp3) is 0.632. The molecule has 1 saturated heterocycles. The zero-order chi connectivity index (χ0) is 15.5. The highest BCUT2D eigenvalue weighted by molar-refractivity contribution is 5.77. The molecule has 1 fully saturated rings. The lowest BCUT2D eigenvalue weighted by atomic mass is 9.86.